The fraction of sp³-hybridized carbons (Fsp3) is 0.750. The van der Waals surface area contributed by atoms with Gasteiger partial charge >= 0.3 is 0 Å². The number of fused-ring (bicyclic) bond motifs is 6. The molecule has 4 nitrogen and oxygen atoms in total. The van der Waals surface area contributed by atoms with Gasteiger partial charge in [0, 0.05) is 11.4 Å². The van der Waals surface area contributed by atoms with E-state index in [1.54, 1.807) is 18.2 Å². The Morgan fingerprint density at radius 1 is 1.05 bits per heavy atom. The van der Waals surface area contributed by atoms with Crippen LogP contribution in [0.1, 0.15) is 104 Å². The first-order valence-corrected chi connectivity index (χ1v) is 15.5. The van der Waals surface area contributed by atoms with Gasteiger partial charge in [0.2, 0.25) is 0 Å². The molecule has 0 spiro atoms. The molecule has 1 aromatic carbocycles. The van der Waals surface area contributed by atoms with E-state index in [1.165, 1.54) is 57.8 Å². The molecule has 0 radical (unpaired) electrons. The smallest absolute Gasteiger partial charge is 0.258 e. The highest BCUT2D eigenvalue weighted by molar-refractivity contribution is 6.31. The Hall–Kier alpha value is -1.39. The van der Waals surface area contributed by atoms with E-state index in [0.29, 0.717) is 50.4 Å². The molecule has 0 bridgehead atoms. The van der Waals surface area contributed by atoms with Crippen LogP contribution in [-0.4, -0.2) is 21.2 Å². The van der Waals surface area contributed by atoms with Crippen molar-refractivity contribution in [3.8, 4) is 0 Å². The molecule has 204 valence electrons. The zero-order valence-corrected chi connectivity index (χ0v) is 24.1. The Bertz CT molecular complexity index is 1160. The Balaban J connectivity index is 0.00000137. The van der Waals surface area contributed by atoms with Gasteiger partial charge in [-0.15, -0.1) is 0 Å². The van der Waals surface area contributed by atoms with E-state index >= 15 is 0 Å². The Labute approximate surface area is 228 Å². The number of benzene rings is 1. The molecule has 37 heavy (non-hydrogen) atoms. The summed E-state index contributed by atoms with van der Waals surface area (Å²) in [6.07, 6.45) is 14.6. The number of rotatable bonds is 4. The van der Waals surface area contributed by atoms with E-state index in [4.69, 9.17) is 16.6 Å². The van der Waals surface area contributed by atoms with Gasteiger partial charge < -0.3 is 10.1 Å². The Morgan fingerprint density at radius 3 is 2.65 bits per heavy atom. The van der Waals surface area contributed by atoms with Crippen LogP contribution in [0.3, 0.4) is 0 Å². The summed E-state index contributed by atoms with van der Waals surface area (Å²) in [6.45, 7) is 9.13. The zero-order chi connectivity index (χ0) is 26.4. The number of aliphatic hydroxyl groups excluding tert-OH is 1. The highest BCUT2D eigenvalue weighted by Crippen LogP contribution is 2.67. The SMILES string of the molecule is CC.CC12CCC3C(C(O)CC4CCCCC43C)C1CCC2CCCc1nc2cc(Cl)ccc2c(=O)[nH]1. The first-order valence-electron chi connectivity index (χ1n) is 15.2. The van der Waals surface area contributed by atoms with Crippen LogP contribution in [0, 0.1) is 40.4 Å². The van der Waals surface area contributed by atoms with Crippen LogP contribution < -0.4 is 5.56 Å². The highest BCUT2D eigenvalue weighted by atomic mass is 35.5. The number of aromatic nitrogens is 2. The number of aliphatic hydroxyl groups is 1. The topological polar surface area (TPSA) is 66.0 Å². The maximum atomic E-state index is 12.5. The van der Waals surface area contributed by atoms with Crippen molar-refractivity contribution in [1.29, 1.82) is 0 Å². The minimum atomic E-state index is -0.0988. The zero-order valence-electron chi connectivity index (χ0n) is 23.4. The third-order valence-corrected chi connectivity index (χ3v) is 11.7. The van der Waals surface area contributed by atoms with Crippen molar-refractivity contribution in [3.63, 3.8) is 0 Å². The van der Waals surface area contributed by atoms with E-state index < -0.39 is 0 Å². The number of aromatic amines is 1. The average molecular weight is 527 g/mol. The Morgan fingerprint density at radius 2 is 1.84 bits per heavy atom. The van der Waals surface area contributed by atoms with Gasteiger partial charge in [0.25, 0.3) is 5.56 Å². The molecule has 0 aliphatic heterocycles. The largest absolute Gasteiger partial charge is 0.393 e. The van der Waals surface area contributed by atoms with Crippen molar-refractivity contribution in [2.24, 2.45) is 40.4 Å². The normalized spacial score (nSPS) is 38.8. The lowest BCUT2D eigenvalue weighted by atomic mass is 9.44. The van der Waals surface area contributed by atoms with E-state index in [0.717, 1.165) is 31.0 Å². The lowest BCUT2D eigenvalue weighted by molar-refractivity contribution is -0.162. The molecule has 0 saturated heterocycles. The standard InChI is InChI=1S/C30H41ClN2O2.C2H6/c1-29-14-4-3-6-19(29)16-25(34)27-22-12-9-18(30(22,2)15-13-23(27)29)7-5-8-26-32-24-17-20(31)10-11-21(24)28(35)33-26;1-2/h10-11,17-19,22-23,25,27,34H,3-9,12-16H2,1-2H3,(H,32,33,35);1-2H3. The summed E-state index contributed by atoms with van der Waals surface area (Å²) in [6, 6.07) is 5.27. The predicted octanol–water partition coefficient (Wildman–Crippen LogP) is 7.95. The van der Waals surface area contributed by atoms with Gasteiger partial charge in [-0.25, -0.2) is 4.98 Å². The molecule has 6 rings (SSSR count). The van der Waals surface area contributed by atoms with Gasteiger partial charge in [0.05, 0.1) is 17.0 Å². The van der Waals surface area contributed by atoms with Crippen LogP contribution in [0.5, 0.6) is 0 Å². The third-order valence-electron chi connectivity index (χ3n) is 11.5. The van der Waals surface area contributed by atoms with E-state index in [2.05, 4.69) is 18.8 Å². The van der Waals surface area contributed by atoms with Crippen molar-refractivity contribution in [1.82, 2.24) is 9.97 Å². The molecule has 2 aromatic rings. The number of halogens is 1. The summed E-state index contributed by atoms with van der Waals surface area (Å²) < 4.78 is 0. The number of aryl methyl sites for hydroxylation is 1. The summed E-state index contributed by atoms with van der Waals surface area (Å²) in [5.74, 6) is 4.10. The van der Waals surface area contributed by atoms with Crippen molar-refractivity contribution in [3.05, 3.63) is 39.4 Å². The maximum absolute atomic E-state index is 12.5. The molecule has 4 saturated carbocycles. The molecule has 1 aromatic heterocycles. The molecular weight excluding hydrogens is 480 g/mol. The fourth-order valence-corrected chi connectivity index (χ4v) is 9.80. The second-order valence-corrected chi connectivity index (χ2v) is 13.4. The van der Waals surface area contributed by atoms with Gasteiger partial charge in [-0.05, 0) is 116 Å². The molecule has 4 fully saturated rings. The van der Waals surface area contributed by atoms with E-state index in [1.807, 2.05) is 13.8 Å². The fourth-order valence-electron chi connectivity index (χ4n) is 9.63. The predicted molar refractivity (Wildman–Crippen MR) is 153 cm³/mol. The number of H-pyrrole nitrogens is 1. The minimum absolute atomic E-state index is 0.0753. The number of hydrogen-bond donors (Lipinski definition) is 2. The van der Waals surface area contributed by atoms with Crippen LogP contribution in [0.4, 0.5) is 0 Å². The van der Waals surface area contributed by atoms with Gasteiger partial charge in [0.1, 0.15) is 5.82 Å². The van der Waals surface area contributed by atoms with Crippen LogP contribution in [0.25, 0.3) is 10.9 Å². The highest BCUT2D eigenvalue weighted by Gasteiger charge is 2.61. The van der Waals surface area contributed by atoms with E-state index in [9.17, 15) is 9.90 Å². The molecule has 8 unspecified atom stereocenters. The summed E-state index contributed by atoms with van der Waals surface area (Å²) >= 11 is 6.13. The van der Waals surface area contributed by atoms with Crippen molar-refractivity contribution >= 4 is 22.5 Å². The van der Waals surface area contributed by atoms with Crippen LogP contribution >= 0.6 is 11.6 Å². The second-order valence-electron chi connectivity index (χ2n) is 12.9. The second kappa shape index (κ2) is 10.6. The van der Waals surface area contributed by atoms with Gasteiger partial charge in [-0.1, -0.05) is 52.1 Å². The monoisotopic (exact) mass is 526 g/mol. The lowest BCUT2D eigenvalue weighted by Crippen LogP contribution is -2.57. The minimum Gasteiger partial charge on any atom is -0.393 e. The van der Waals surface area contributed by atoms with Gasteiger partial charge in [0.15, 0.2) is 0 Å². The van der Waals surface area contributed by atoms with Gasteiger partial charge in [-0.3, -0.25) is 4.79 Å². The molecule has 4 aliphatic rings. The van der Waals surface area contributed by atoms with Crippen molar-refractivity contribution in [2.45, 2.75) is 111 Å². The van der Waals surface area contributed by atoms with E-state index in [-0.39, 0.29) is 11.7 Å². The summed E-state index contributed by atoms with van der Waals surface area (Å²) in [4.78, 5) is 20.2. The number of nitrogens with zero attached hydrogens (tertiary/aromatic N) is 1. The molecule has 0 amide bonds. The average Bonchev–Trinajstić information content (AvgIpc) is 3.21. The van der Waals surface area contributed by atoms with Crippen LogP contribution in [0.15, 0.2) is 23.0 Å². The van der Waals surface area contributed by atoms with Crippen molar-refractivity contribution < 1.29 is 5.11 Å². The third kappa shape index (κ3) is 4.69. The molecule has 5 heteroatoms. The first-order chi connectivity index (χ1) is 17.8. The Kier molecular flexibility index (Phi) is 7.82. The molecule has 4 aliphatic carbocycles. The van der Waals surface area contributed by atoms with Crippen LogP contribution in [-0.2, 0) is 6.42 Å². The number of hydrogen-bond acceptors (Lipinski definition) is 3. The van der Waals surface area contributed by atoms with Gasteiger partial charge in [-0.2, -0.15) is 0 Å². The number of nitrogens with one attached hydrogen (secondary N) is 1. The maximum Gasteiger partial charge on any atom is 0.258 e. The molecular formula is C32H47ClN2O2. The summed E-state index contributed by atoms with van der Waals surface area (Å²) in [7, 11) is 0. The first kappa shape index (κ1) is 27.2. The quantitative estimate of drug-likeness (QED) is 0.424. The molecule has 8 atom stereocenters. The lowest BCUT2D eigenvalue weighted by Gasteiger charge is -2.62. The molecule has 2 N–H and O–H groups in total. The summed E-state index contributed by atoms with van der Waals surface area (Å²) in [5, 5.41) is 12.6. The molecule has 1 heterocycles. The van der Waals surface area contributed by atoms with Crippen molar-refractivity contribution in [2.75, 3.05) is 0 Å². The van der Waals surface area contributed by atoms with Crippen LogP contribution in [0.2, 0.25) is 5.02 Å². The summed E-state index contributed by atoms with van der Waals surface area (Å²) in [5.41, 5.74) is 1.41.